The Kier molecular flexibility index (Phi) is 12.2. The molecule has 0 aromatic carbocycles. The number of nitrogens with zero attached hydrogens (tertiary/aromatic N) is 2. The molecule has 4 heteroatoms. The molecular formula is C21H43N3O. The Labute approximate surface area is 156 Å². The summed E-state index contributed by atoms with van der Waals surface area (Å²) in [6.45, 7) is 14.4. The quantitative estimate of drug-likeness (QED) is 0.510. The highest BCUT2D eigenvalue weighted by Gasteiger charge is 2.20. The van der Waals surface area contributed by atoms with Crippen LogP contribution in [0.1, 0.15) is 79.1 Å². The van der Waals surface area contributed by atoms with Gasteiger partial charge in [0.15, 0.2) is 0 Å². The van der Waals surface area contributed by atoms with Crippen molar-refractivity contribution in [1.29, 1.82) is 0 Å². The molecule has 0 unspecified atom stereocenters. The van der Waals surface area contributed by atoms with Crippen LogP contribution in [0.4, 0.5) is 0 Å². The van der Waals surface area contributed by atoms with Crippen LogP contribution >= 0.6 is 0 Å². The summed E-state index contributed by atoms with van der Waals surface area (Å²) in [5, 5.41) is 3.22. The fourth-order valence-electron chi connectivity index (χ4n) is 3.40. The average molecular weight is 354 g/mol. The summed E-state index contributed by atoms with van der Waals surface area (Å²) in [6.07, 6.45) is 11.1. The molecule has 1 saturated heterocycles. The first-order valence-electron chi connectivity index (χ1n) is 10.7. The zero-order valence-corrected chi connectivity index (χ0v) is 17.4. The molecule has 1 fully saturated rings. The van der Waals surface area contributed by atoms with E-state index in [9.17, 15) is 4.79 Å². The summed E-state index contributed by atoms with van der Waals surface area (Å²) in [5.41, 5.74) is 0. The maximum absolute atomic E-state index is 12.1. The maximum Gasteiger partial charge on any atom is 0.236 e. The minimum Gasteiger partial charge on any atom is -0.339 e. The highest BCUT2D eigenvalue weighted by molar-refractivity contribution is 5.78. The van der Waals surface area contributed by atoms with Crippen LogP contribution in [0.3, 0.4) is 0 Å². The van der Waals surface area contributed by atoms with Gasteiger partial charge in [-0.3, -0.25) is 9.69 Å². The van der Waals surface area contributed by atoms with Crippen LogP contribution < -0.4 is 5.32 Å². The molecule has 0 radical (unpaired) electrons. The van der Waals surface area contributed by atoms with Gasteiger partial charge < -0.3 is 10.2 Å². The van der Waals surface area contributed by atoms with Crippen molar-refractivity contribution in [2.75, 3.05) is 39.3 Å². The lowest BCUT2D eigenvalue weighted by Crippen LogP contribution is -2.51. The number of unbranched alkanes of at least 4 members (excludes halogenated alkanes) is 6. The van der Waals surface area contributed by atoms with Gasteiger partial charge in [-0.1, -0.05) is 72.6 Å². The molecule has 0 bridgehead atoms. The smallest absolute Gasteiger partial charge is 0.236 e. The summed E-state index contributed by atoms with van der Waals surface area (Å²) in [5.74, 6) is 1.12. The van der Waals surface area contributed by atoms with Crippen molar-refractivity contribution in [2.24, 2.45) is 5.92 Å². The average Bonchev–Trinajstić information content (AvgIpc) is 2.58. The summed E-state index contributed by atoms with van der Waals surface area (Å²) >= 11 is 0. The number of hydrogen-bond donors (Lipinski definition) is 1. The van der Waals surface area contributed by atoms with Crippen LogP contribution in [0.2, 0.25) is 0 Å². The Morgan fingerprint density at radius 2 is 1.40 bits per heavy atom. The SMILES string of the molecule is CC(C)CCCCCCCCCN1CCN(C(=O)CNC(C)C)CC1. The van der Waals surface area contributed by atoms with E-state index in [1.807, 2.05) is 4.90 Å². The van der Waals surface area contributed by atoms with Gasteiger partial charge in [-0.25, -0.2) is 0 Å². The Hall–Kier alpha value is -0.610. The molecule has 0 saturated carbocycles. The Morgan fingerprint density at radius 1 is 0.840 bits per heavy atom. The summed E-state index contributed by atoms with van der Waals surface area (Å²) in [6, 6.07) is 0.375. The maximum atomic E-state index is 12.1. The van der Waals surface area contributed by atoms with Gasteiger partial charge in [0.1, 0.15) is 0 Å². The predicted octanol–water partition coefficient (Wildman–Crippen LogP) is 3.91. The van der Waals surface area contributed by atoms with Gasteiger partial charge in [0.2, 0.25) is 5.91 Å². The van der Waals surface area contributed by atoms with E-state index in [0.29, 0.717) is 12.6 Å². The van der Waals surface area contributed by atoms with Crippen LogP contribution in [-0.4, -0.2) is 61.0 Å². The van der Waals surface area contributed by atoms with Crippen LogP contribution in [0, 0.1) is 5.92 Å². The van der Waals surface area contributed by atoms with Crippen LogP contribution in [0.5, 0.6) is 0 Å². The zero-order valence-electron chi connectivity index (χ0n) is 17.4. The molecule has 1 N–H and O–H groups in total. The van der Waals surface area contributed by atoms with Gasteiger partial charge in [0, 0.05) is 32.2 Å². The number of amides is 1. The highest BCUT2D eigenvalue weighted by atomic mass is 16.2. The van der Waals surface area contributed by atoms with Crippen molar-refractivity contribution in [2.45, 2.75) is 85.1 Å². The standard InChI is InChI=1S/C21H43N3O/c1-19(2)12-10-8-6-5-7-9-11-13-23-14-16-24(17-15-23)21(25)18-22-20(3)4/h19-20,22H,5-18H2,1-4H3. The van der Waals surface area contributed by atoms with Crippen molar-refractivity contribution < 1.29 is 4.79 Å². The van der Waals surface area contributed by atoms with Crippen molar-refractivity contribution >= 4 is 5.91 Å². The molecule has 148 valence electrons. The predicted molar refractivity (Wildman–Crippen MR) is 108 cm³/mol. The molecule has 0 aromatic heterocycles. The topological polar surface area (TPSA) is 35.6 Å². The van der Waals surface area contributed by atoms with Gasteiger partial charge >= 0.3 is 0 Å². The van der Waals surface area contributed by atoms with Crippen molar-refractivity contribution in [3.05, 3.63) is 0 Å². The van der Waals surface area contributed by atoms with Crippen molar-refractivity contribution in [3.8, 4) is 0 Å². The molecule has 0 aliphatic carbocycles. The first-order chi connectivity index (χ1) is 12.0. The third kappa shape index (κ3) is 11.6. The number of rotatable bonds is 13. The van der Waals surface area contributed by atoms with Gasteiger partial charge in [0.05, 0.1) is 6.54 Å². The third-order valence-electron chi connectivity index (χ3n) is 5.14. The van der Waals surface area contributed by atoms with E-state index in [1.165, 1.54) is 57.9 Å². The molecule has 1 aliphatic rings. The van der Waals surface area contributed by atoms with Gasteiger partial charge in [-0.15, -0.1) is 0 Å². The number of carbonyl (C=O) groups excluding carboxylic acids is 1. The minimum absolute atomic E-state index is 0.255. The first-order valence-corrected chi connectivity index (χ1v) is 10.7. The summed E-state index contributed by atoms with van der Waals surface area (Å²) in [4.78, 5) is 16.6. The lowest BCUT2D eigenvalue weighted by Gasteiger charge is -2.35. The number of hydrogen-bond acceptors (Lipinski definition) is 3. The van der Waals surface area contributed by atoms with Crippen LogP contribution in [0.15, 0.2) is 0 Å². The van der Waals surface area contributed by atoms with E-state index in [2.05, 4.69) is 37.9 Å². The van der Waals surface area contributed by atoms with Crippen molar-refractivity contribution in [3.63, 3.8) is 0 Å². The normalized spacial score (nSPS) is 16.2. The summed E-state index contributed by atoms with van der Waals surface area (Å²) < 4.78 is 0. The summed E-state index contributed by atoms with van der Waals surface area (Å²) in [7, 11) is 0. The molecule has 1 aliphatic heterocycles. The number of piperazine rings is 1. The van der Waals surface area contributed by atoms with Crippen molar-refractivity contribution in [1.82, 2.24) is 15.1 Å². The zero-order chi connectivity index (χ0) is 18.5. The van der Waals surface area contributed by atoms with E-state index in [0.717, 1.165) is 32.1 Å². The number of nitrogens with one attached hydrogen (secondary N) is 1. The Balaban J connectivity index is 1.94. The van der Waals surface area contributed by atoms with Crippen LogP contribution in [-0.2, 0) is 4.79 Å². The molecule has 1 amide bonds. The molecule has 1 rings (SSSR count). The van der Waals surface area contributed by atoms with E-state index < -0.39 is 0 Å². The molecule has 1 heterocycles. The van der Waals surface area contributed by atoms with E-state index in [-0.39, 0.29) is 5.91 Å². The second-order valence-corrected chi connectivity index (χ2v) is 8.42. The molecule has 0 spiro atoms. The van der Waals surface area contributed by atoms with Gasteiger partial charge in [0.25, 0.3) is 0 Å². The van der Waals surface area contributed by atoms with Crippen LogP contribution in [0.25, 0.3) is 0 Å². The molecule has 4 nitrogen and oxygen atoms in total. The fraction of sp³-hybridized carbons (Fsp3) is 0.952. The highest BCUT2D eigenvalue weighted by Crippen LogP contribution is 2.12. The Bertz CT molecular complexity index is 336. The molecule has 0 atom stereocenters. The van der Waals surface area contributed by atoms with E-state index in [4.69, 9.17) is 0 Å². The second kappa shape index (κ2) is 13.6. The molecule has 0 aromatic rings. The lowest BCUT2D eigenvalue weighted by molar-refractivity contribution is -0.132. The second-order valence-electron chi connectivity index (χ2n) is 8.42. The third-order valence-corrected chi connectivity index (χ3v) is 5.14. The molecule has 25 heavy (non-hydrogen) atoms. The van der Waals surface area contributed by atoms with Gasteiger partial charge in [-0.05, 0) is 18.9 Å². The number of carbonyl (C=O) groups is 1. The largest absolute Gasteiger partial charge is 0.339 e. The Morgan fingerprint density at radius 3 is 1.96 bits per heavy atom. The first kappa shape index (κ1) is 22.4. The fourth-order valence-corrected chi connectivity index (χ4v) is 3.40. The lowest BCUT2D eigenvalue weighted by atomic mass is 10.0. The van der Waals surface area contributed by atoms with E-state index in [1.54, 1.807) is 0 Å². The molecular weight excluding hydrogens is 310 g/mol. The monoisotopic (exact) mass is 353 g/mol. The minimum atomic E-state index is 0.255. The van der Waals surface area contributed by atoms with E-state index >= 15 is 0 Å². The van der Waals surface area contributed by atoms with Gasteiger partial charge in [-0.2, -0.15) is 0 Å².